The standard InChI is InChI=1S/C18H18O5S/c1-23-17(21)18(22)10-14(19)15(20)16-13(18)9-12(24-16)8-7-11-5-3-2-4-6-11/h2-9,14-15,19-20,22H,10H2,1H3/b8-7+/t14-,15+,18+/m1/s1. The molecule has 3 atom stereocenters. The van der Waals surface area contributed by atoms with Crippen LogP contribution >= 0.6 is 11.3 Å². The molecule has 1 aromatic carbocycles. The van der Waals surface area contributed by atoms with E-state index >= 15 is 0 Å². The van der Waals surface area contributed by atoms with Gasteiger partial charge in [-0.2, -0.15) is 0 Å². The zero-order chi connectivity index (χ0) is 17.3. The van der Waals surface area contributed by atoms with Crippen molar-refractivity contribution in [3.05, 3.63) is 57.3 Å². The molecule has 0 saturated heterocycles. The highest BCUT2D eigenvalue weighted by Crippen LogP contribution is 2.45. The second-order valence-electron chi connectivity index (χ2n) is 5.74. The Balaban J connectivity index is 2.00. The Morgan fingerprint density at radius 3 is 2.67 bits per heavy atom. The molecule has 3 rings (SSSR count). The summed E-state index contributed by atoms with van der Waals surface area (Å²) in [5.74, 6) is -0.842. The molecule has 24 heavy (non-hydrogen) atoms. The van der Waals surface area contributed by atoms with E-state index in [0.717, 1.165) is 10.4 Å². The van der Waals surface area contributed by atoms with Crippen LogP contribution in [0.3, 0.4) is 0 Å². The summed E-state index contributed by atoms with van der Waals surface area (Å²) in [6.45, 7) is 0. The van der Waals surface area contributed by atoms with Crippen molar-refractivity contribution in [1.29, 1.82) is 0 Å². The first-order valence-electron chi connectivity index (χ1n) is 7.50. The minimum Gasteiger partial charge on any atom is -0.467 e. The minimum absolute atomic E-state index is 0.296. The van der Waals surface area contributed by atoms with Crippen molar-refractivity contribution >= 4 is 29.5 Å². The lowest BCUT2D eigenvalue weighted by molar-refractivity contribution is -0.171. The molecule has 1 aliphatic carbocycles. The lowest BCUT2D eigenvalue weighted by atomic mass is 9.80. The number of fused-ring (bicyclic) bond motifs is 1. The van der Waals surface area contributed by atoms with Crippen LogP contribution in [0.15, 0.2) is 36.4 Å². The molecule has 0 saturated carbocycles. The zero-order valence-corrected chi connectivity index (χ0v) is 13.9. The monoisotopic (exact) mass is 346 g/mol. The topological polar surface area (TPSA) is 87.0 Å². The first-order valence-corrected chi connectivity index (χ1v) is 8.31. The van der Waals surface area contributed by atoms with Crippen LogP contribution in [0.25, 0.3) is 12.2 Å². The summed E-state index contributed by atoms with van der Waals surface area (Å²) in [5, 5.41) is 30.9. The minimum atomic E-state index is -1.95. The van der Waals surface area contributed by atoms with E-state index in [1.165, 1.54) is 18.4 Å². The molecular weight excluding hydrogens is 328 g/mol. The van der Waals surface area contributed by atoms with Gasteiger partial charge in [0.2, 0.25) is 0 Å². The summed E-state index contributed by atoms with van der Waals surface area (Å²) in [6.07, 6.45) is 1.08. The van der Waals surface area contributed by atoms with Gasteiger partial charge in [0.25, 0.3) is 0 Å². The summed E-state index contributed by atoms with van der Waals surface area (Å²) < 4.78 is 4.68. The number of carbonyl (C=O) groups is 1. The summed E-state index contributed by atoms with van der Waals surface area (Å²) in [5.41, 5.74) is -0.643. The third kappa shape index (κ3) is 2.89. The number of methoxy groups -OCH3 is 1. The lowest BCUT2D eigenvalue weighted by Gasteiger charge is -2.35. The van der Waals surface area contributed by atoms with Crippen LogP contribution < -0.4 is 0 Å². The van der Waals surface area contributed by atoms with Gasteiger partial charge in [-0.3, -0.25) is 0 Å². The number of aliphatic hydroxyl groups is 3. The molecule has 1 aromatic heterocycles. The number of ether oxygens (including phenoxy) is 1. The van der Waals surface area contributed by atoms with Crippen LogP contribution in [0, 0.1) is 0 Å². The fourth-order valence-corrected chi connectivity index (χ4v) is 4.04. The Morgan fingerprint density at radius 1 is 1.29 bits per heavy atom. The van der Waals surface area contributed by atoms with Gasteiger partial charge in [-0.25, -0.2) is 4.79 Å². The molecule has 6 heteroatoms. The highest BCUT2D eigenvalue weighted by Gasteiger charge is 2.50. The molecular formula is C18H18O5S. The molecule has 1 heterocycles. The van der Waals surface area contributed by atoms with Crippen molar-refractivity contribution in [3.8, 4) is 0 Å². The number of rotatable bonds is 3. The van der Waals surface area contributed by atoms with E-state index in [9.17, 15) is 20.1 Å². The van der Waals surface area contributed by atoms with E-state index in [1.54, 1.807) is 6.07 Å². The highest BCUT2D eigenvalue weighted by molar-refractivity contribution is 7.13. The van der Waals surface area contributed by atoms with E-state index in [-0.39, 0.29) is 6.42 Å². The Labute approximate surface area is 143 Å². The quantitative estimate of drug-likeness (QED) is 0.741. The van der Waals surface area contributed by atoms with E-state index in [1.807, 2.05) is 42.5 Å². The number of hydrogen-bond donors (Lipinski definition) is 3. The van der Waals surface area contributed by atoms with Crippen LogP contribution in [0.5, 0.6) is 0 Å². The van der Waals surface area contributed by atoms with Crippen LogP contribution in [0.2, 0.25) is 0 Å². The number of carbonyl (C=O) groups excluding carboxylic acids is 1. The molecule has 0 amide bonds. The van der Waals surface area contributed by atoms with Crippen molar-refractivity contribution in [2.24, 2.45) is 0 Å². The first-order chi connectivity index (χ1) is 11.5. The maximum absolute atomic E-state index is 12.0. The van der Waals surface area contributed by atoms with Crippen LogP contribution in [-0.2, 0) is 15.1 Å². The molecule has 2 aromatic rings. The molecule has 0 fully saturated rings. The third-order valence-electron chi connectivity index (χ3n) is 4.13. The van der Waals surface area contributed by atoms with Gasteiger partial charge in [0.15, 0.2) is 5.60 Å². The van der Waals surface area contributed by atoms with Crippen molar-refractivity contribution in [2.45, 2.75) is 24.2 Å². The van der Waals surface area contributed by atoms with Gasteiger partial charge in [-0.15, -0.1) is 11.3 Å². The lowest BCUT2D eigenvalue weighted by Crippen LogP contribution is -2.45. The average Bonchev–Trinajstić information content (AvgIpc) is 3.03. The SMILES string of the molecule is COC(=O)[C@]1(O)C[C@@H](O)[C@H](O)c2sc(/C=C/c3ccccc3)cc21. The Morgan fingerprint density at radius 2 is 2.00 bits per heavy atom. The predicted molar refractivity (Wildman–Crippen MR) is 91.2 cm³/mol. The largest absolute Gasteiger partial charge is 0.467 e. The highest BCUT2D eigenvalue weighted by atomic mass is 32.1. The summed E-state index contributed by atoms with van der Waals surface area (Å²) >= 11 is 1.23. The molecule has 126 valence electrons. The van der Waals surface area contributed by atoms with Gasteiger partial charge in [-0.05, 0) is 17.7 Å². The Kier molecular flexibility index (Phi) is 4.56. The normalized spacial score (nSPS) is 26.3. The molecule has 0 radical (unpaired) electrons. The van der Waals surface area contributed by atoms with Crippen molar-refractivity contribution in [2.75, 3.05) is 7.11 Å². The van der Waals surface area contributed by atoms with Crippen LogP contribution in [-0.4, -0.2) is 34.5 Å². The molecule has 0 spiro atoms. The zero-order valence-electron chi connectivity index (χ0n) is 13.0. The number of benzene rings is 1. The van der Waals surface area contributed by atoms with Crippen molar-refractivity contribution in [1.82, 2.24) is 0 Å². The molecule has 1 aliphatic rings. The van der Waals surface area contributed by atoms with Crippen LogP contribution in [0.4, 0.5) is 0 Å². The number of thiophene rings is 1. The summed E-state index contributed by atoms with van der Waals surface area (Å²) in [4.78, 5) is 13.2. The van der Waals surface area contributed by atoms with E-state index in [4.69, 9.17) is 0 Å². The second kappa shape index (κ2) is 6.49. The summed E-state index contributed by atoms with van der Waals surface area (Å²) in [6, 6.07) is 11.3. The van der Waals surface area contributed by atoms with Gasteiger partial charge in [0.1, 0.15) is 6.10 Å². The van der Waals surface area contributed by atoms with Gasteiger partial charge < -0.3 is 20.1 Å². The molecule has 0 bridgehead atoms. The van der Waals surface area contributed by atoms with Gasteiger partial charge in [0, 0.05) is 21.7 Å². The molecule has 0 aliphatic heterocycles. The Bertz CT molecular complexity index is 767. The Hall–Kier alpha value is -1.99. The van der Waals surface area contributed by atoms with E-state index in [2.05, 4.69) is 4.74 Å². The predicted octanol–water partition coefficient (Wildman–Crippen LogP) is 2.08. The molecule has 3 N–H and O–H groups in total. The average molecular weight is 346 g/mol. The van der Waals surface area contributed by atoms with E-state index in [0.29, 0.717) is 10.4 Å². The number of esters is 1. The maximum Gasteiger partial charge on any atom is 0.342 e. The van der Waals surface area contributed by atoms with Gasteiger partial charge >= 0.3 is 5.97 Å². The molecule has 5 nitrogen and oxygen atoms in total. The van der Waals surface area contributed by atoms with Crippen LogP contribution in [0.1, 0.15) is 33.4 Å². The molecule has 0 unspecified atom stereocenters. The first kappa shape index (κ1) is 16.9. The van der Waals surface area contributed by atoms with Crippen molar-refractivity contribution < 1.29 is 24.9 Å². The summed E-state index contributed by atoms with van der Waals surface area (Å²) in [7, 11) is 1.18. The van der Waals surface area contributed by atoms with Gasteiger partial charge in [-0.1, -0.05) is 36.4 Å². The fourth-order valence-electron chi connectivity index (χ4n) is 2.85. The smallest absolute Gasteiger partial charge is 0.342 e. The maximum atomic E-state index is 12.0. The van der Waals surface area contributed by atoms with E-state index < -0.39 is 23.8 Å². The third-order valence-corrected chi connectivity index (χ3v) is 5.30. The number of aliphatic hydroxyl groups excluding tert-OH is 2. The number of hydrogen-bond acceptors (Lipinski definition) is 6. The second-order valence-corrected chi connectivity index (χ2v) is 6.85. The fraction of sp³-hybridized carbons (Fsp3) is 0.278. The van der Waals surface area contributed by atoms with Gasteiger partial charge in [0.05, 0.1) is 13.2 Å². The van der Waals surface area contributed by atoms with Crippen molar-refractivity contribution in [3.63, 3.8) is 0 Å².